The summed E-state index contributed by atoms with van der Waals surface area (Å²) in [5.74, 6) is 0.993. The van der Waals surface area contributed by atoms with Crippen molar-refractivity contribution in [3.8, 4) is 11.5 Å². The maximum Gasteiger partial charge on any atom is 0.245 e. The van der Waals surface area contributed by atoms with Gasteiger partial charge in [-0.3, -0.25) is 4.79 Å². The molecule has 0 aliphatic heterocycles. The number of nitrogens with zero attached hydrogens (tertiary/aromatic N) is 3. The predicted molar refractivity (Wildman–Crippen MR) is 117 cm³/mol. The van der Waals surface area contributed by atoms with E-state index in [4.69, 9.17) is 9.47 Å². The Kier molecular flexibility index (Phi) is 6.30. The van der Waals surface area contributed by atoms with Crippen molar-refractivity contribution in [2.24, 2.45) is 10.5 Å². The van der Waals surface area contributed by atoms with Gasteiger partial charge in [0.2, 0.25) is 5.91 Å². The third-order valence-corrected chi connectivity index (χ3v) is 4.46. The summed E-state index contributed by atoms with van der Waals surface area (Å²) in [4.78, 5) is 21.1. The Hall–Kier alpha value is -3.48. The van der Waals surface area contributed by atoms with Gasteiger partial charge in [-0.2, -0.15) is 5.10 Å². The Morgan fingerprint density at radius 3 is 2.47 bits per heavy atom. The first-order valence-corrected chi connectivity index (χ1v) is 9.64. The van der Waals surface area contributed by atoms with Gasteiger partial charge in [0.15, 0.2) is 11.5 Å². The van der Waals surface area contributed by atoms with E-state index in [1.54, 1.807) is 25.5 Å². The average Bonchev–Trinajstić information content (AvgIpc) is 2.71. The molecule has 1 heterocycles. The number of hydrogen-bond acceptors (Lipinski definition) is 6. The number of fused-ring (bicyclic) bond motifs is 1. The lowest BCUT2D eigenvalue weighted by atomic mass is 9.96. The molecule has 0 bridgehead atoms. The number of carbonyl (C=O) groups is 1. The van der Waals surface area contributed by atoms with Crippen LogP contribution in [0.2, 0.25) is 0 Å². The summed E-state index contributed by atoms with van der Waals surface area (Å²) in [7, 11) is 1.57. The molecule has 30 heavy (non-hydrogen) atoms. The molecular weight excluding hydrogens is 380 g/mol. The fourth-order valence-corrected chi connectivity index (χ4v) is 2.62. The van der Waals surface area contributed by atoms with Gasteiger partial charge >= 0.3 is 0 Å². The lowest BCUT2D eigenvalue weighted by Crippen LogP contribution is -2.31. The second-order valence-electron chi connectivity index (χ2n) is 7.89. The number of rotatable bonds is 6. The zero-order valence-electron chi connectivity index (χ0n) is 17.9. The van der Waals surface area contributed by atoms with Crippen LogP contribution in [0.15, 0.2) is 47.6 Å². The molecule has 7 nitrogen and oxygen atoms in total. The number of aromatic nitrogens is 2. The summed E-state index contributed by atoms with van der Waals surface area (Å²) < 4.78 is 11.4. The van der Waals surface area contributed by atoms with Gasteiger partial charge in [-0.25, -0.2) is 15.4 Å². The van der Waals surface area contributed by atoms with E-state index in [1.807, 2.05) is 58.0 Å². The molecule has 3 rings (SSSR count). The molecule has 0 saturated heterocycles. The van der Waals surface area contributed by atoms with Crippen molar-refractivity contribution < 1.29 is 14.3 Å². The molecule has 1 aromatic heterocycles. The highest BCUT2D eigenvalue weighted by Gasteiger charge is 2.20. The monoisotopic (exact) mass is 406 g/mol. The van der Waals surface area contributed by atoms with Crippen molar-refractivity contribution >= 4 is 23.2 Å². The van der Waals surface area contributed by atoms with E-state index in [0.29, 0.717) is 11.5 Å². The first kappa shape index (κ1) is 21.2. The van der Waals surface area contributed by atoms with Crippen LogP contribution in [0.4, 0.5) is 0 Å². The third-order valence-electron chi connectivity index (χ3n) is 4.46. The number of hydrazone groups is 1. The lowest BCUT2D eigenvalue weighted by molar-refractivity contribution is -0.128. The number of benzene rings is 2. The van der Waals surface area contributed by atoms with E-state index in [1.165, 1.54) is 0 Å². The van der Waals surface area contributed by atoms with E-state index >= 15 is 0 Å². The van der Waals surface area contributed by atoms with Gasteiger partial charge in [0, 0.05) is 5.41 Å². The average molecular weight is 406 g/mol. The van der Waals surface area contributed by atoms with Gasteiger partial charge in [-0.15, -0.1) is 0 Å². The highest BCUT2D eigenvalue weighted by atomic mass is 16.5. The summed E-state index contributed by atoms with van der Waals surface area (Å²) in [5.41, 5.74) is 6.09. The van der Waals surface area contributed by atoms with Crippen LogP contribution in [-0.2, 0) is 11.4 Å². The van der Waals surface area contributed by atoms with Gasteiger partial charge < -0.3 is 9.47 Å². The number of hydrogen-bond donors (Lipinski definition) is 1. The first-order chi connectivity index (χ1) is 14.3. The Morgan fingerprint density at radius 1 is 1.10 bits per heavy atom. The minimum absolute atomic E-state index is 0.155. The van der Waals surface area contributed by atoms with Gasteiger partial charge in [0.25, 0.3) is 0 Å². The SMILES string of the molecule is COc1cc(C=NNC(=O)C(C)(C)C)ccc1OCc1nc2ccccc2nc1C. The van der Waals surface area contributed by atoms with E-state index < -0.39 is 5.41 Å². The Labute approximate surface area is 176 Å². The standard InChI is InChI=1S/C23H26N4O3/c1-15-19(26-18-9-7-6-8-17(18)25-15)14-30-20-11-10-16(12-21(20)29-5)13-24-27-22(28)23(2,3)4/h6-13H,14H2,1-5H3,(H,27,28). The first-order valence-electron chi connectivity index (χ1n) is 9.64. The minimum atomic E-state index is -0.503. The molecule has 0 atom stereocenters. The molecule has 156 valence electrons. The van der Waals surface area contributed by atoms with Crippen molar-refractivity contribution in [2.45, 2.75) is 34.3 Å². The number of methoxy groups -OCH3 is 1. The zero-order chi connectivity index (χ0) is 21.7. The second-order valence-corrected chi connectivity index (χ2v) is 7.89. The molecule has 3 aromatic rings. The maximum absolute atomic E-state index is 11.9. The molecule has 0 unspecified atom stereocenters. The van der Waals surface area contributed by atoms with Gasteiger partial charge in [0.05, 0.1) is 35.7 Å². The molecular formula is C23H26N4O3. The molecule has 2 aromatic carbocycles. The van der Waals surface area contributed by atoms with E-state index in [9.17, 15) is 4.79 Å². The van der Waals surface area contributed by atoms with E-state index in [-0.39, 0.29) is 12.5 Å². The Morgan fingerprint density at radius 2 is 1.80 bits per heavy atom. The summed E-state index contributed by atoms with van der Waals surface area (Å²) >= 11 is 0. The lowest BCUT2D eigenvalue weighted by Gasteiger charge is -2.14. The van der Waals surface area contributed by atoms with Crippen LogP contribution in [0, 0.1) is 12.3 Å². The van der Waals surface area contributed by atoms with E-state index in [2.05, 4.69) is 20.5 Å². The fraction of sp³-hybridized carbons (Fsp3) is 0.304. The van der Waals surface area contributed by atoms with Crippen LogP contribution in [-0.4, -0.2) is 29.2 Å². The van der Waals surface area contributed by atoms with Gasteiger partial charge in [0.1, 0.15) is 6.61 Å². The Bertz CT molecular complexity index is 1090. The number of nitrogens with one attached hydrogen (secondary N) is 1. The minimum Gasteiger partial charge on any atom is -0.493 e. The molecule has 1 N–H and O–H groups in total. The highest BCUT2D eigenvalue weighted by Crippen LogP contribution is 2.28. The van der Waals surface area contributed by atoms with Crippen LogP contribution in [0.25, 0.3) is 11.0 Å². The highest BCUT2D eigenvalue weighted by molar-refractivity contribution is 5.85. The fourth-order valence-electron chi connectivity index (χ4n) is 2.62. The summed E-state index contributed by atoms with van der Waals surface area (Å²) in [5, 5.41) is 4.01. The normalized spacial score (nSPS) is 11.6. The molecule has 0 fully saturated rings. The van der Waals surface area contributed by atoms with Crippen molar-refractivity contribution in [3.05, 3.63) is 59.4 Å². The second kappa shape index (κ2) is 8.90. The summed E-state index contributed by atoms with van der Waals surface area (Å²) in [6.07, 6.45) is 1.56. The number of carbonyl (C=O) groups excluding carboxylic acids is 1. The van der Waals surface area contributed by atoms with E-state index in [0.717, 1.165) is 28.0 Å². The molecule has 0 spiro atoms. The van der Waals surface area contributed by atoms with Crippen LogP contribution in [0.5, 0.6) is 11.5 Å². The van der Waals surface area contributed by atoms with Crippen LogP contribution >= 0.6 is 0 Å². The van der Waals surface area contributed by atoms with Crippen molar-refractivity contribution in [3.63, 3.8) is 0 Å². The number of aryl methyl sites for hydroxylation is 1. The summed E-state index contributed by atoms with van der Waals surface area (Å²) in [6, 6.07) is 13.2. The largest absolute Gasteiger partial charge is 0.493 e. The van der Waals surface area contributed by atoms with Crippen molar-refractivity contribution in [1.82, 2.24) is 15.4 Å². The van der Waals surface area contributed by atoms with Crippen LogP contribution in [0.3, 0.4) is 0 Å². The topological polar surface area (TPSA) is 85.7 Å². The molecule has 0 aliphatic carbocycles. The molecule has 1 amide bonds. The van der Waals surface area contributed by atoms with Crippen LogP contribution < -0.4 is 14.9 Å². The molecule has 7 heteroatoms. The molecule has 0 aliphatic rings. The van der Waals surface area contributed by atoms with Crippen LogP contribution in [0.1, 0.15) is 37.7 Å². The molecule has 0 saturated carbocycles. The van der Waals surface area contributed by atoms with Gasteiger partial charge in [-0.05, 0) is 42.8 Å². The van der Waals surface area contributed by atoms with Gasteiger partial charge in [-0.1, -0.05) is 32.9 Å². The van der Waals surface area contributed by atoms with Crippen molar-refractivity contribution in [2.75, 3.05) is 7.11 Å². The predicted octanol–water partition coefficient (Wildman–Crippen LogP) is 4.02. The third kappa shape index (κ3) is 5.11. The summed E-state index contributed by atoms with van der Waals surface area (Å²) in [6.45, 7) is 7.67. The number of para-hydroxylation sites is 2. The molecule has 0 radical (unpaired) electrons. The zero-order valence-corrected chi connectivity index (χ0v) is 17.9. The number of amides is 1. The number of ether oxygens (including phenoxy) is 2. The smallest absolute Gasteiger partial charge is 0.245 e. The quantitative estimate of drug-likeness (QED) is 0.494. The van der Waals surface area contributed by atoms with Crippen molar-refractivity contribution in [1.29, 1.82) is 0 Å². The Balaban J connectivity index is 1.71. The maximum atomic E-state index is 11.9.